The summed E-state index contributed by atoms with van der Waals surface area (Å²) in [4.78, 5) is 0. The van der Waals surface area contributed by atoms with Crippen molar-refractivity contribution < 1.29 is 123 Å². The van der Waals surface area contributed by atoms with Gasteiger partial charge in [0.15, 0.2) is 0 Å². The Labute approximate surface area is 295 Å². The van der Waals surface area contributed by atoms with Crippen LogP contribution in [-0.4, -0.2) is 39.2 Å². The molecule has 0 aliphatic rings. The van der Waals surface area contributed by atoms with Gasteiger partial charge in [-0.1, -0.05) is 129 Å². The predicted molar refractivity (Wildman–Crippen MR) is 135 cm³/mol. The molecular formula is C24H50Na3O8S2+. The first-order valence-corrected chi connectivity index (χ1v) is 16.0. The molecule has 0 aliphatic carbocycles. The second-order valence-electron chi connectivity index (χ2n) is 8.82. The Hall–Kier alpha value is 2.74. The van der Waals surface area contributed by atoms with Crippen LogP contribution in [0.3, 0.4) is 0 Å². The maximum absolute atomic E-state index is 10.1. The van der Waals surface area contributed by atoms with E-state index in [9.17, 15) is 25.9 Å². The van der Waals surface area contributed by atoms with Crippen LogP contribution in [0.1, 0.15) is 142 Å². The minimum atomic E-state index is -4.48. The van der Waals surface area contributed by atoms with Gasteiger partial charge >= 0.3 is 88.7 Å². The molecule has 0 aromatic carbocycles. The normalized spacial score (nSPS) is 10.9. The smallest absolute Gasteiger partial charge is 0.726 e. The third-order valence-corrected chi connectivity index (χ3v) is 6.36. The third kappa shape index (κ3) is 55.3. The molecule has 208 valence electrons. The minimum absolute atomic E-state index is 0. The zero-order valence-electron chi connectivity index (χ0n) is 24.6. The van der Waals surface area contributed by atoms with Gasteiger partial charge in [-0.15, -0.1) is 0 Å². The summed E-state index contributed by atoms with van der Waals surface area (Å²) in [5.41, 5.74) is 0. The molecule has 0 spiro atoms. The van der Waals surface area contributed by atoms with Gasteiger partial charge in [-0.25, -0.2) is 16.8 Å². The molecule has 0 atom stereocenters. The van der Waals surface area contributed by atoms with Gasteiger partial charge in [0.25, 0.3) is 0 Å². The van der Waals surface area contributed by atoms with Crippen molar-refractivity contribution in [1.82, 2.24) is 0 Å². The Morgan fingerprint density at radius 1 is 0.405 bits per heavy atom. The van der Waals surface area contributed by atoms with Crippen molar-refractivity contribution in [2.75, 3.05) is 13.2 Å². The first-order valence-electron chi connectivity index (χ1n) is 13.3. The van der Waals surface area contributed by atoms with Crippen molar-refractivity contribution in [3.8, 4) is 0 Å². The summed E-state index contributed by atoms with van der Waals surface area (Å²) in [6.45, 7) is 4.49. The van der Waals surface area contributed by atoms with Gasteiger partial charge < -0.3 is 9.11 Å². The second kappa shape index (κ2) is 36.8. The van der Waals surface area contributed by atoms with Crippen molar-refractivity contribution in [3.05, 3.63) is 0 Å². The van der Waals surface area contributed by atoms with Crippen LogP contribution in [0.25, 0.3) is 0 Å². The van der Waals surface area contributed by atoms with Crippen molar-refractivity contribution in [2.45, 2.75) is 142 Å². The summed E-state index contributed by atoms with van der Waals surface area (Å²) in [7, 11) is -8.97. The molecule has 0 aromatic rings. The maximum atomic E-state index is 10.1. The molecule has 13 heteroatoms. The SMILES string of the molecule is CCCCCCCCCCCCOS(=O)(=O)[O-].CCCCCCCCCCCCOS(=O)(=O)[O-].[Na+].[Na+].[Na+]. The maximum Gasteiger partial charge on any atom is 1.00 e. The summed E-state index contributed by atoms with van der Waals surface area (Å²) in [6, 6.07) is 0. The first-order chi connectivity index (χ1) is 16.1. The van der Waals surface area contributed by atoms with Crippen molar-refractivity contribution in [1.29, 1.82) is 0 Å². The molecular weight excluding hydrogens is 549 g/mol. The molecule has 8 nitrogen and oxygen atoms in total. The van der Waals surface area contributed by atoms with Gasteiger partial charge in [0.1, 0.15) is 0 Å². The second-order valence-corrected chi connectivity index (χ2v) is 10.9. The Morgan fingerprint density at radius 3 is 0.784 bits per heavy atom. The summed E-state index contributed by atoms with van der Waals surface area (Å²) in [6.07, 6.45) is 23.4. The number of hydrogen-bond acceptors (Lipinski definition) is 8. The van der Waals surface area contributed by atoms with Crippen molar-refractivity contribution in [2.24, 2.45) is 0 Å². The van der Waals surface area contributed by atoms with Gasteiger partial charge in [-0.3, -0.25) is 8.37 Å². The molecule has 0 rings (SSSR count). The molecule has 0 bridgehead atoms. The topological polar surface area (TPSA) is 133 Å². The van der Waals surface area contributed by atoms with Gasteiger partial charge in [0.2, 0.25) is 20.8 Å². The summed E-state index contributed by atoms with van der Waals surface area (Å²) < 4.78 is 68.9. The van der Waals surface area contributed by atoms with Gasteiger partial charge in [0, 0.05) is 0 Å². The van der Waals surface area contributed by atoms with Gasteiger partial charge in [-0.05, 0) is 12.8 Å². The molecule has 0 fully saturated rings. The molecule has 0 aliphatic heterocycles. The molecule has 0 saturated carbocycles. The van der Waals surface area contributed by atoms with Crippen LogP contribution < -0.4 is 88.7 Å². The van der Waals surface area contributed by atoms with Crippen molar-refractivity contribution in [3.63, 3.8) is 0 Å². The molecule has 0 radical (unpaired) electrons. The Kier molecular flexibility index (Phi) is 49.1. The quantitative estimate of drug-likeness (QED) is 0.0528. The zero-order valence-corrected chi connectivity index (χ0v) is 32.3. The van der Waals surface area contributed by atoms with Gasteiger partial charge in [-0.2, -0.15) is 0 Å². The van der Waals surface area contributed by atoms with E-state index in [1.54, 1.807) is 0 Å². The summed E-state index contributed by atoms with van der Waals surface area (Å²) >= 11 is 0. The standard InChI is InChI=1S/2C12H26O4S.3Na/c2*1-2-3-4-5-6-7-8-9-10-11-12-16-17(13,14)15;;;/h2*2-12H2,1H3,(H,13,14,15);;;/q;;3*+1/p-2. The van der Waals surface area contributed by atoms with Crippen LogP contribution >= 0.6 is 0 Å². The van der Waals surface area contributed by atoms with Crippen molar-refractivity contribution >= 4 is 20.8 Å². The van der Waals surface area contributed by atoms with E-state index in [4.69, 9.17) is 0 Å². The van der Waals surface area contributed by atoms with Crippen LogP contribution in [0, 0.1) is 0 Å². The van der Waals surface area contributed by atoms with E-state index in [2.05, 4.69) is 22.2 Å². The molecule has 0 aromatic heterocycles. The van der Waals surface area contributed by atoms with Gasteiger partial charge in [0.05, 0.1) is 13.2 Å². The van der Waals surface area contributed by atoms with E-state index in [1.807, 2.05) is 0 Å². The molecule has 0 N–H and O–H groups in total. The average Bonchev–Trinajstić information content (AvgIpc) is 2.75. The minimum Gasteiger partial charge on any atom is -0.726 e. The van der Waals surface area contributed by atoms with Crippen LogP contribution in [0.5, 0.6) is 0 Å². The van der Waals surface area contributed by atoms with E-state index in [1.165, 1.54) is 89.9 Å². The van der Waals surface area contributed by atoms with Crippen LogP contribution in [0.4, 0.5) is 0 Å². The molecule has 0 heterocycles. The largest absolute Gasteiger partial charge is 1.00 e. The monoisotopic (exact) mass is 599 g/mol. The number of rotatable bonds is 24. The fraction of sp³-hybridized carbons (Fsp3) is 1.00. The molecule has 0 saturated heterocycles. The predicted octanol–water partition coefficient (Wildman–Crippen LogP) is -2.22. The van der Waals surface area contributed by atoms with Crippen LogP contribution in [-0.2, 0) is 29.2 Å². The van der Waals surface area contributed by atoms with E-state index in [-0.39, 0.29) is 102 Å². The first kappa shape index (κ1) is 49.4. The number of hydrogen-bond donors (Lipinski definition) is 0. The average molecular weight is 600 g/mol. The fourth-order valence-electron chi connectivity index (χ4n) is 3.50. The Bertz CT molecular complexity index is 567. The van der Waals surface area contributed by atoms with E-state index >= 15 is 0 Å². The Morgan fingerprint density at radius 2 is 0.595 bits per heavy atom. The van der Waals surface area contributed by atoms with E-state index in [0.29, 0.717) is 12.8 Å². The zero-order chi connectivity index (χ0) is 26.0. The van der Waals surface area contributed by atoms with E-state index in [0.717, 1.165) is 25.7 Å². The third-order valence-electron chi connectivity index (χ3n) is 5.45. The van der Waals surface area contributed by atoms with Crippen LogP contribution in [0.2, 0.25) is 0 Å². The Balaban J connectivity index is -0.000000171. The van der Waals surface area contributed by atoms with Crippen LogP contribution in [0.15, 0.2) is 0 Å². The van der Waals surface area contributed by atoms with E-state index < -0.39 is 20.8 Å². The summed E-state index contributed by atoms with van der Waals surface area (Å²) in [5.74, 6) is 0. The molecule has 0 amide bonds. The molecule has 0 unspecified atom stereocenters. The number of unbranched alkanes of at least 4 members (excludes halogenated alkanes) is 18. The summed E-state index contributed by atoms with van der Waals surface area (Å²) in [5, 5.41) is 0. The molecule has 37 heavy (non-hydrogen) atoms. The fourth-order valence-corrected chi connectivity index (χ4v) is 4.14.